The van der Waals surface area contributed by atoms with Gasteiger partial charge in [0.25, 0.3) is 11.8 Å². The molecule has 2 heterocycles. The number of nitrogens with zero attached hydrogens (tertiary/aromatic N) is 3. The van der Waals surface area contributed by atoms with Crippen molar-refractivity contribution >= 4 is 23.8 Å². The summed E-state index contributed by atoms with van der Waals surface area (Å²) in [5, 5.41) is 7.34. The summed E-state index contributed by atoms with van der Waals surface area (Å²) in [7, 11) is -7.44. The maximum atomic E-state index is 14.7. The first-order chi connectivity index (χ1) is 19.6. The first-order valence-electron chi connectivity index (χ1n) is 13.0. The van der Waals surface area contributed by atoms with E-state index in [2.05, 4.69) is 19.9 Å². The molecule has 0 saturated carbocycles. The van der Waals surface area contributed by atoms with Crippen molar-refractivity contribution in [2.75, 3.05) is 5.73 Å². The maximum Gasteiger partial charge on any atom is 0.573 e. The van der Waals surface area contributed by atoms with E-state index in [-0.39, 0.29) is 32.9 Å². The Balaban J connectivity index is 2.00. The molecule has 1 atom stereocenters. The quantitative estimate of drug-likeness (QED) is 0.175. The molecule has 9 nitrogen and oxygen atoms in total. The number of aromatic nitrogens is 3. The van der Waals surface area contributed by atoms with Crippen LogP contribution >= 0.6 is 0 Å². The molecule has 43 heavy (non-hydrogen) atoms. The monoisotopic (exact) mass is 654 g/mol. The van der Waals surface area contributed by atoms with Gasteiger partial charge in [-0.15, -0.1) is 23.4 Å². The zero-order valence-corrected chi connectivity index (χ0v) is 26.1. The van der Waals surface area contributed by atoms with Crippen LogP contribution in [-0.2, 0) is 19.9 Å². The van der Waals surface area contributed by atoms with Crippen molar-refractivity contribution < 1.29 is 48.3 Å². The average Bonchev–Trinajstić information content (AvgIpc) is 3.35. The summed E-state index contributed by atoms with van der Waals surface area (Å²) in [4.78, 5) is 3.11. The van der Waals surface area contributed by atoms with Gasteiger partial charge in [0.05, 0.1) is 15.5 Å². The molecule has 0 aliphatic carbocycles. The molecule has 2 aromatic heterocycles. The Kier molecular flexibility index (Phi) is 9.35. The molecule has 0 saturated heterocycles. The fraction of sp³-hybridized carbons (Fsp3) is 0.500. The first-order valence-corrected chi connectivity index (χ1v) is 16.7. The number of rotatable bonds is 10. The molecule has 2 N–H and O–H groups in total. The molecule has 0 bridgehead atoms. The fourth-order valence-corrected chi connectivity index (χ4v) is 12.0. The Labute approximate surface area is 245 Å². The van der Waals surface area contributed by atoms with Crippen LogP contribution in [0.5, 0.6) is 5.75 Å². The second-order valence-electron chi connectivity index (χ2n) is 11.0. The summed E-state index contributed by atoms with van der Waals surface area (Å²) < 4.78 is 123. The van der Waals surface area contributed by atoms with Crippen molar-refractivity contribution in [3.05, 3.63) is 42.4 Å². The van der Waals surface area contributed by atoms with Gasteiger partial charge in [-0.05, 0) is 53.9 Å². The highest BCUT2D eigenvalue weighted by atomic mass is 32.2. The maximum absolute atomic E-state index is 14.7. The summed E-state index contributed by atoms with van der Waals surface area (Å²) in [6, 6.07) is 4.41. The number of hydrogen-bond acceptors (Lipinski definition) is 9. The van der Waals surface area contributed by atoms with Crippen LogP contribution in [0.4, 0.5) is 32.0 Å². The van der Waals surface area contributed by atoms with Crippen molar-refractivity contribution in [1.29, 1.82) is 0 Å². The van der Waals surface area contributed by atoms with E-state index in [0.717, 1.165) is 43.5 Å². The van der Waals surface area contributed by atoms with E-state index in [0.29, 0.717) is 0 Å². The van der Waals surface area contributed by atoms with E-state index in [4.69, 9.17) is 14.6 Å². The molecule has 0 amide bonds. The summed E-state index contributed by atoms with van der Waals surface area (Å²) in [5.41, 5.74) is 1.84. The zero-order valence-electron chi connectivity index (χ0n) is 24.3. The highest BCUT2D eigenvalue weighted by Crippen LogP contribution is 2.51. The van der Waals surface area contributed by atoms with Gasteiger partial charge in [-0.1, -0.05) is 41.5 Å². The summed E-state index contributed by atoms with van der Waals surface area (Å²) in [5.74, 6) is -2.00. The summed E-state index contributed by atoms with van der Waals surface area (Å²) >= 11 is 0. The second kappa shape index (κ2) is 11.7. The van der Waals surface area contributed by atoms with Crippen molar-refractivity contribution in [2.45, 2.75) is 93.0 Å². The highest BCUT2D eigenvalue weighted by molar-refractivity contribution is 7.91. The Morgan fingerprint density at radius 2 is 1.42 bits per heavy atom. The smallest absolute Gasteiger partial charge is 0.416 e. The zero-order chi connectivity index (χ0) is 32.8. The minimum Gasteiger partial charge on any atom is -0.416 e. The van der Waals surface area contributed by atoms with E-state index in [1.165, 1.54) is 0 Å². The molecule has 0 aliphatic rings. The van der Waals surface area contributed by atoms with Crippen molar-refractivity contribution in [2.24, 2.45) is 0 Å². The number of pyridine rings is 1. The average molecular weight is 655 g/mol. The lowest BCUT2D eigenvalue weighted by Crippen LogP contribution is -2.57. The fourth-order valence-electron chi connectivity index (χ4n) is 5.19. The van der Waals surface area contributed by atoms with Gasteiger partial charge in [0, 0.05) is 6.20 Å². The van der Waals surface area contributed by atoms with Gasteiger partial charge in [-0.3, -0.25) is 0 Å². The third-order valence-corrected chi connectivity index (χ3v) is 15.1. The highest BCUT2D eigenvalue weighted by Gasteiger charge is 2.63. The number of halogens is 6. The number of alkyl halides is 6. The molecule has 3 aromatic rings. The molecule has 1 unspecified atom stereocenters. The van der Waals surface area contributed by atoms with Crippen LogP contribution in [0.3, 0.4) is 0 Å². The third-order valence-electron chi connectivity index (χ3n) is 7.23. The van der Waals surface area contributed by atoms with Gasteiger partial charge < -0.3 is 19.3 Å². The molecule has 0 fully saturated rings. The molecule has 0 aliphatic heterocycles. The molecule has 3 rings (SSSR count). The van der Waals surface area contributed by atoms with Crippen LogP contribution in [0.1, 0.15) is 54.4 Å². The Morgan fingerprint density at radius 1 is 0.884 bits per heavy atom. The number of anilines is 1. The van der Waals surface area contributed by atoms with Crippen LogP contribution in [0.25, 0.3) is 11.6 Å². The second-order valence-corrected chi connectivity index (χ2v) is 18.3. The van der Waals surface area contributed by atoms with Gasteiger partial charge in [-0.2, -0.15) is 13.2 Å². The molecule has 238 valence electrons. The largest absolute Gasteiger partial charge is 0.573 e. The van der Waals surface area contributed by atoms with Crippen molar-refractivity contribution in [3.8, 4) is 17.3 Å². The predicted molar refractivity (Wildman–Crippen MR) is 146 cm³/mol. The van der Waals surface area contributed by atoms with Crippen molar-refractivity contribution in [3.63, 3.8) is 0 Å². The van der Waals surface area contributed by atoms with Crippen molar-refractivity contribution in [1.82, 2.24) is 15.2 Å². The normalized spacial score (nSPS) is 14.9. The summed E-state index contributed by atoms with van der Waals surface area (Å²) in [6.45, 7) is 11.8. The van der Waals surface area contributed by atoms with E-state index >= 15 is 0 Å². The predicted octanol–water partition coefficient (Wildman–Crippen LogP) is 7.41. The Hall–Kier alpha value is -3.18. The van der Waals surface area contributed by atoms with Crippen LogP contribution in [-0.4, -0.2) is 44.5 Å². The van der Waals surface area contributed by atoms with Gasteiger partial charge in [0.1, 0.15) is 5.75 Å². The topological polar surface area (TPSA) is 130 Å². The lowest BCUT2D eigenvalue weighted by molar-refractivity contribution is -0.274. The number of ether oxygens (including phenoxy) is 1. The number of hydrogen-bond donors (Lipinski definition) is 1. The van der Waals surface area contributed by atoms with Gasteiger partial charge in [0.15, 0.2) is 5.69 Å². The van der Waals surface area contributed by atoms with Gasteiger partial charge >= 0.3 is 12.5 Å². The standard InChI is InChI=1S/C26H32F6N4O5SSi/c1-14(2)43(15(3)4,16(5)6)41-24(7,25(27,28)29)23-36-35-22(39-23)21-20(33)12-19(13-34-21)42(37,38)18-10-8-17(9-11-18)40-26(30,31)32/h8-16H,33H2,1-7H3. The van der Waals surface area contributed by atoms with Gasteiger partial charge in [-0.25, -0.2) is 13.4 Å². The number of nitrogen functional groups attached to an aromatic ring is 1. The van der Waals surface area contributed by atoms with Crippen LogP contribution in [0.2, 0.25) is 16.6 Å². The number of nitrogens with two attached hydrogens (primary N) is 1. The Bertz CT molecular complexity index is 1520. The number of sulfone groups is 1. The molecule has 17 heteroatoms. The molecule has 0 spiro atoms. The lowest BCUT2D eigenvalue weighted by atomic mass is 10.1. The van der Waals surface area contributed by atoms with Crippen LogP contribution in [0, 0.1) is 0 Å². The van der Waals surface area contributed by atoms with E-state index in [9.17, 15) is 34.8 Å². The van der Waals surface area contributed by atoms with E-state index < -0.39 is 58.7 Å². The lowest BCUT2D eigenvalue weighted by Gasteiger charge is -2.47. The van der Waals surface area contributed by atoms with Crippen LogP contribution in [0.15, 0.2) is 50.7 Å². The minimum absolute atomic E-state index is 0.197. The van der Waals surface area contributed by atoms with E-state index in [1.54, 1.807) is 0 Å². The minimum atomic E-state index is -4.96. The SMILES string of the molecule is CC(C)[Si](OC(C)(c1nnc(-c2ncc(S(=O)(=O)c3ccc(OC(F)(F)F)cc3)cc2N)o1)C(F)(F)F)(C(C)C)C(C)C. The van der Waals surface area contributed by atoms with Crippen LogP contribution < -0.4 is 10.5 Å². The molecule has 1 aromatic carbocycles. The Morgan fingerprint density at radius 3 is 1.86 bits per heavy atom. The summed E-state index contributed by atoms with van der Waals surface area (Å²) in [6.07, 6.45) is -9.06. The molecule has 0 radical (unpaired) electrons. The molecular weight excluding hydrogens is 622 g/mol. The first kappa shape index (κ1) is 34.3. The van der Waals surface area contributed by atoms with Gasteiger partial charge in [0.2, 0.25) is 23.8 Å². The van der Waals surface area contributed by atoms with E-state index in [1.807, 2.05) is 41.5 Å². The molecular formula is C26H32F6N4O5SSi. The number of benzene rings is 1. The third kappa shape index (κ3) is 6.67.